The Morgan fingerprint density at radius 2 is 1.63 bits per heavy atom. The summed E-state index contributed by atoms with van der Waals surface area (Å²) in [7, 11) is 0. The van der Waals surface area contributed by atoms with Gasteiger partial charge in [0.15, 0.2) is 6.61 Å². The molecular weight excluding hydrogens is 572 g/mol. The van der Waals surface area contributed by atoms with Gasteiger partial charge in [-0.2, -0.15) is 0 Å². The monoisotopic (exact) mass is 618 g/mol. The lowest BCUT2D eigenvalue weighted by Gasteiger charge is -2.43. The number of aryl methyl sites for hydroxylation is 2. The quantitative estimate of drug-likeness (QED) is 0.169. The Balaban J connectivity index is 1.52. The third kappa shape index (κ3) is 7.71. The maximum atomic E-state index is 11.5. The third-order valence-corrected chi connectivity index (χ3v) is 9.06. The molecule has 1 aliphatic rings. The summed E-state index contributed by atoms with van der Waals surface area (Å²) in [6.07, 6.45) is 1.30. The molecule has 0 radical (unpaired) electrons. The molecular formula is C41H46O5. The molecule has 240 valence electrons. The van der Waals surface area contributed by atoms with Gasteiger partial charge in [0.05, 0.1) is 12.2 Å². The van der Waals surface area contributed by atoms with Crippen LogP contribution < -0.4 is 9.47 Å². The zero-order valence-electron chi connectivity index (χ0n) is 27.9. The van der Waals surface area contributed by atoms with Crippen LogP contribution in [-0.4, -0.2) is 23.8 Å². The predicted octanol–water partition coefficient (Wildman–Crippen LogP) is 10.4. The van der Waals surface area contributed by atoms with Gasteiger partial charge in [-0.05, 0) is 104 Å². The van der Waals surface area contributed by atoms with Crippen molar-refractivity contribution in [1.82, 2.24) is 0 Å². The Kier molecular flexibility index (Phi) is 10.3. The lowest BCUT2D eigenvalue weighted by molar-refractivity contribution is -0.139. The van der Waals surface area contributed by atoms with Gasteiger partial charge in [0.1, 0.15) is 17.2 Å². The Bertz CT molecular complexity index is 1670. The van der Waals surface area contributed by atoms with Crippen LogP contribution in [-0.2, 0) is 9.53 Å². The van der Waals surface area contributed by atoms with Gasteiger partial charge in [-0.1, -0.05) is 86.7 Å². The Morgan fingerprint density at radius 1 is 0.935 bits per heavy atom. The van der Waals surface area contributed by atoms with Crippen molar-refractivity contribution in [3.63, 3.8) is 0 Å². The van der Waals surface area contributed by atoms with Crippen LogP contribution in [0.2, 0.25) is 0 Å². The van der Waals surface area contributed by atoms with Crippen molar-refractivity contribution in [3.8, 4) is 28.4 Å². The van der Waals surface area contributed by atoms with Crippen LogP contribution in [0.1, 0.15) is 73.5 Å². The molecule has 1 N–H and O–H groups in total. The number of ether oxygens (including phenoxy) is 3. The van der Waals surface area contributed by atoms with Crippen molar-refractivity contribution in [2.24, 2.45) is 11.8 Å². The molecule has 1 fully saturated rings. The molecule has 4 aromatic rings. The normalized spacial score (nSPS) is 19.5. The topological polar surface area (TPSA) is 65.0 Å². The first-order chi connectivity index (χ1) is 22.0. The molecule has 5 heteroatoms. The first kappa shape index (κ1) is 33.0. The minimum atomic E-state index is -1.03. The molecule has 0 unspecified atom stereocenters. The minimum absolute atomic E-state index is 0.0207. The van der Waals surface area contributed by atoms with E-state index in [4.69, 9.17) is 14.2 Å². The van der Waals surface area contributed by atoms with Crippen molar-refractivity contribution in [1.29, 1.82) is 0 Å². The molecule has 0 aromatic heterocycles. The van der Waals surface area contributed by atoms with E-state index < -0.39 is 12.6 Å². The average Bonchev–Trinajstić information content (AvgIpc) is 3.02. The second-order valence-corrected chi connectivity index (χ2v) is 13.2. The van der Waals surface area contributed by atoms with Gasteiger partial charge in [0.2, 0.25) is 0 Å². The smallest absolute Gasteiger partial charge is 0.341 e. The second kappa shape index (κ2) is 14.4. The van der Waals surface area contributed by atoms with E-state index >= 15 is 0 Å². The molecule has 4 aromatic carbocycles. The number of benzene rings is 4. The fraction of sp³-hybridized carbons (Fsp3) is 0.341. The molecule has 46 heavy (non-hydrogen) atoms. The number of aliphatic carboxylic acids is 1. The largest absolute Gasteiger partial charge is 0.482 e. The van der Waals surface area contributed by atoms with Crippen molar-refractivity contribution >= 4 is 5.97 Å². The molecule has 1 heterocycles. The highest BCUT2D eigenvalue weighted by atomic mass is 16.5. The Hall–Kier alpha value is -4.35. The van der Waals surface area contributed by atoms with Crippen LogP contribution in [0.4, 0.5) is 0 Å². The van der Waals surface area contributed by atoms with E-state index in [9.17, 15) is 9.90 Å². The summed E-state index contributed by atoms with van der Waals surface area (Å²) < 4.78 is 19.4. The SMILES string of the molecule is C=C(C)[C@@H]1C[C@@H](c2ccc(-c3ccccc3)cc2)[C@@H](CC(C)C)O[C@H]1c1cc(Oc2cc(C)cc(C)c2C)ccc1OCC(=O)O. The van der Waals surface area contributed by atoms with Crippen LogP contribution in [0.3, 0.4) is 0 Å². The summed E-state index contributed by atoms with van der Waals surface area (Å²) in [5.74, 6) is 1.46. The van der Waals surface area contributed by atoms with Crippen molar-refractivity contribution in [2.75, 3.05) is 6.61 Å². The molecule has 0 amide bonds. The zero-order valence-corrected chi connectivity index (χ0v) is 27.9. The molecule has 4 atom stereocenters. The van der Waals surface area contributed by atoms with Gasteiger partial charge in [0.25, 0.3) is 0 Å². The molecule has 0 bridgehead atoms. The van der Waals surface area contributed by atoms with E-state index in [0.29, 0.717) is 17.4 Å². The van der Waals surface area contributed by atoms with E-state index in [0.717, 1.165) is 46.4 Å². The van der Waals surface area contributed by atoms with Crippen LogP contribution in [0.5, 0.6) is 17.2 Å². The fourth-order valence-corrected chi connectivity index (χ4v) is 6.58. The minimum Gasteiger partial charge on any atom is -0.482 e. The van der Waals surface area contributed by atoms with Gasteiger partial charge in [-0.15, -0.1) is 0 Å². The Morgan fingerprint density at radius 3 is 2.28 bits per heavy atom. The molecule has 0 spiro atoms. The lowest BCUT2D eigenvalue weighted by atomic mass is 9.74. The van der Waals surface area contributed by atoms with Crippen molar-refractivity contribution < 1.29 is 24.1 Å². The fourth-order valence-electron chi connectivity index (χ4n) is 6.58. The number of hydrogen-bond donors (Lipinski definition) is 1. The highest BCUT2D eigenvalue weighted by Gasteiger charge is 2.41. The summed E-state index contributed by atoms with van der Waals surface area (Å²) in [6.45, 7) is 16.6. The summed E-state index contributed by atoms with van der Waals surface area (Å²) >= 11 is 0. The first-order valence-electron chi connectivity index (χ1n) is 16.2. The number of carboxylic acids is 1. The first-order valence-corrected chi connectivity index (χ1v) is 16.2. The van der Waals surface area contributed by atoms with Crippen LogP contribution in [0.25, 0.3) is 11.1 Å². The summed E-state index contributed by atoms with van der Waals surface area (Å²) in [4.78, 5) is 11.5. The van der Waals surface area contributed by atoms with E-state index in [2.05, 4.69) is 103 Å². The molecule has 1 saturated heterocycles. The summed E-state index contributed by atoms with van der Waals surface area (Å²) in [5, 5.41) is 9.45. The highest BCUT2D eigenvalue weighted by Crippen LogP contribution is 2.50. The summed E-state index contributed by atoms with van der Waals surface area (Å²) in [5.41, 5.74) is 8.78. The van der Waals surface area contributed by atoms with Crippen LogP contribution >= 0.6 is 0 Å². The molecule has 0 aliphatic carbocycles. The lowest BCUT2D eigenvalue weighted by Crippen LogP contribution is -2.37. The third-order valence-electron chi connectivity index (χ3n) is 9.06. The maximum absolute atomic E-state index is 11.5. The van der Waals surface area contributed by atoms with E-state index in [1.807, 2.05) is 24.3 Å². The number of rotatable bonds is 11. The molecule has 0 saturated carbocycles. The van der Waals surface area contributed by atoms with Crippen molar-refractivity contribution in [2.45, 2.75) is 72.5 Å². The van der Waals surface area contributed by atoms with Crippen molar-refractivity contribution in [3.05, 3.63) is 125 Å². The number of hydrogen-bond acceptors (Lipinski definition) is 4. The highest BCUT2D eigenvalue weighted by molar-refractivity contribution is 5.68. The predicted molar refractivity (Wildman–Crippen MR) is 185 cm³/mol. The van der Waals surface area contributed by atoms with E-state index in [1.165, 1.54) is 16.7 Å². The Labute approximate surface area is 273 Å². The standard InChI is InChI=1S/C41H46O5/c1-25(2)19-39-35(32-15-13-31(14-16-32)30-11-9-8-10-12-30)23-34(26(3)4)41(46-39)36-22-33(17-18-37(36)44-24-40(42)43)45-38-21-27(5)20-28(6)29(38)7/h8-18,20-22,25,34-35,39,41H,3,19,23-24H2,1-2,4-7H3,(H,42,43)/t34-,35-,39+,41+/m0/s1. The number of carboxylic acid groups (broad SMARTS) is 1. The van der Waals surface area contributed by atoms with E-state index in [1.54, 1.807) is 6.07 Å². The van der Waals surface area contributed by atoms with Gasteiger partial charge in [-0.25, -0.2) is 4.79 Å². The summed E-state index contributed by atoms with van der Waals surface area (Å²) in [6, 6.07) is 29.1. The number of carbonyl (C=O) groups is 1. The maximum Gasteiger partial charge on any atom is 0.341 e. The van der Waals surface area contributed by atoms with E-state index in [-0.39, 0.29) is 24.0 Å². The molecule has 1 aliphatic heterocycles. The molecule has 5 nitrogen and oxygen atoms in total. The van der Waals surface area contributed by atoms with Gasteiger partial charge >= 0.3 is 5.97 Å². The van der Waals surface area contributed by atoms with Gasteiger partial charge in [0, 0.05) is 17.4 Å². The molecule has 5 rings (SSSR count). The van der Waals surface area contributed by atoms with Crippen LogP contribution in [0.15, 0.2) is 97.1 Å². The zero-order chi connectivity index (χ0) is 33.0. The second-order valence-electron chi connectivity index (χ2n) is 13.2. The van der Waals surface area contributed by atoms with Gasteiger partial charge in [-0.3, -0.25) is 0 Å². The average molecular weight is 619 g/mol. The van der Waals surface area contributed by atoms with Gasteiger partial charge < -0.3 is 19.3 Å². The van der Waals surface area contributed by atoms with Crippen LogP contribution in [0, 0.1) is 32.6 Å².